The van der Waals surface area contributed by atoms with Crippen molar-refractivity contribution in [1.29, 1.82) is 0 Å². The number of carbonyl (C=O) groups is 3. The number of nitrogens with one attached hydrogen (secondary N) is 4. The Balaban J connectivity index is 0.000000150. The standard InChI is InChI=1S/C27H28N4O6S2.C25H28N4O7S2.C24H25BrClN5O5S2/c1-3-16-4-5-17-6-7-36-26(21(17)8-16)20-11-24(38-15(20)2)25(33)22-12-29-14-30-27(22)31-19-9-18(23(32)10-19)13-37-39(28,34)35;1-13-17(24-16-5-3-2-4-14(16)6-7-35-24)9-20(37-13)22(31)18-10-27-12-28-25(18)29-19-8-15(21(30)23(19)32)11-36-38(26,33)34;25-14-2-1-12-3-4-29-21(16(12)6-14)17-8-20(37-23(17)26)22(33)18-9-28-11-30-24(18)31-15-5-13(19(32)7-15)10-36-38(27,34)35/h1,4-5,8,11-12,14,18-19,23,26,32H,6-7,9-10,13H2,2H3,(H2,28,34,35)(H,29,30,31);2-5,9-10,12,15,19,21,23-24,30,32H,6-8,11H2,1H3,(H2,26,33,34)(H,27,28,29);1-2,6,8-9,11,13,15,19,21,29,32H,3-5,7,10H2,(H2,27,34,35)(H,28,30,31)/t18-,19-,23+,26?;15-,19-,21-,23+,24?;13-,15-,19+,21?/m111/s1. The number of thiophene rings is 3. The van der Waals surface area contributed by atoms with Gasteiger partial charge in [-0.25, -0.2) is 45.3 Å². The zero-order chi connectivity index (χ0) is 81.8. The largest absolute Gasteiger partial charge is 0.393 e. The van der Waals surface area contributed by atoms with Crippen molar-refractivity contribution in [3.8, 4) is 12.3 Å². The van der Waals surface area contributed by atoms with Gasteiger partial charge in [0.15, 0.2) is 0 Å². The molecule has 608 valence electrons. The van der Waals surface area contributed by atoms with E-state index in [9.17, 15) is 60.1 Å². The molecular weight excluding hydrogens is 1690 g/mol. The molecule has 3 saturated carbocycles. The minimum Gasteiger partial charge on any atom is -0.393 e. The number of aryl methyl sites for hydroxylation is 2. The molecule has 3 aliphatic heterocycles. The van der Waals surface area contributed by atoms with Crippen molar-refractivity contribution < 1.29 is 82.1 Å². The van der Waals surface area contributed by atoms with Crippen molar-refractivity contribution >= 4 is 127 Å². The fourth-order valence-corrected chi connectivity index (χ4v) is 20.0. The average molecular weight is 1770 g/mol. The number of hydrogen-bond acceptors (Lipinski definition) is 31. The number of halogens is 2. The maximum atomic E-state index is 13.6. The third kappa shape index (κ3) is 20.6. The molecule has 31 nitrogen and oxygen atoms in total. The van der Waals surface area contributed by atoms with E-state index < -0.39 is 79.1 Å². The Labute approximate surface area is 688 Å². The molecule has 3 fully saturated rings. The molecule has 115 heavy (non-hydrogen) atoms. The van der Waals surface area contributed by atoms with E-state index in [0.29, 0.717) is 75.1 Å². The number of carbonyl (C=O) groups excluding carboxylic acids is 3. The molecule has 6 aliphatic rings. The minimum atomic E-state index is -4.19. The molecule has 0 spiro atoms. The van der Waals surface area contributed by atoms with Crippen LogP contribution in [0.25, 0.3) is 0 Å². The number of aliphatic hydroxyl groups excluding tert-OH is 4. The highest BCUT2D eigenvalue weighted by Gasteiger charge is 2.44. The molecule has 9 heterocycles. The van der Waals surface area contributed by atoms with Crippen LogP contribution < -0.4 is 36.7 Å². The molecule has 0 amide bonds. The summed E-state index contributed by atoms with van der Waals surface area (Å²) in [5.74, 6) is 1.18. The molecule has 9 aromatic rings. The smallest absolute Gasteiger partial charge is 0.333 e. The van der Waals surface area contributed by atoms with Gasteiger partial charge in [0.25, 0.3) is 0 Å². The summed E-state index contributed by atoms with van der Waals surface area (Å²) < 4.78 is 94.4. The van der Waals surface area contributed by atoms with Crippen molar-refractivity contribution in [3.63, 3.8) is 0 Å². The number of hydrogen-bond donors (Lipinski definition) is 11. The number of fused-ring (bicyclic) bond motifs is 3. The molecule has 14 N–H and O–H groups in total. The van der Waals surface area contributed by atoms with E-state index in [4.69, 9.17) is 42.9 Å². The summed E-state index contributed by atoms with van der Waals surface area (Å²) in [6.07, 6.45) is 13.4. The Bertz CT molecular complexity index is 5520. The summed E-state index contributed by atoms with van der Waals surface area (Å²) in [4.78, 5) is 69.1. The number of terminal acetylenes is 1. The number of rotatable bonds is 24. The number of ketones is 3. The fourth-order valence-electron chi connectivity index (χ4n) is 15.2. The summed E-state index contributed by atoms with van der Waals surface area (Å²) in [6.45, 7) is 5.06. The van der Waals surface area contributed by atoms with Gasteiger partial charge in [0.05, 0.1) is 99.1 Å². The number of anilines is 3. The minimum absolute atomic E-state index is 0.136. The Kier molecular flexibility index (Phi) is 27.0. The summed E-state index contributed by atoms with van der Waals surface area (Å²) in [5, 5.41) is 69.3. The van der Waals surface area contributed by atoms with Crippen molar-refractivity contribution in [2.24, 2.45) is 33.2 Å². The highest BCUT2D eigenvalue weighted by atomic mass is 79.9. The maximum Gasteiger partial charge on any atom is 0.333 e. The molecule has 0 bridgehead atoms. The molecule has 6 aromatic heterocycles. The predicted molar refractivity (Wildman–Crippen MR) is 432 cm³/mol. The monoisotopic (exact) mass is 1770 g/mol. The van der Waals surface area contributed by atoms with E-state index in [2.05, 4.69) is 104 Å². The Morgan fingerprint density at radius 2 is 1.03 bits per heavy atom. The first-order chi connectivity index (χ1) is 54.8. The summed E-state index contributed by atoms with van der Waals surface area (Å²) in [6, 6.07) is 24.4. The SMILES string of the molecule is C#Cc1ccc2c(c1)C(c1cc(C(=O)c3cncnc3N[C@@H]3C[C@H](COS(N)(=O)=O)[C@@H](O)C3)sc1C)OCC2.Cc1sc(C(=O)c2cncnc2N[C@@H]2C[C@H](COS(N)(=O)=O)[C@@H](O)[C@H]2O)cc1C1OCCc2ccccc21.NS(=O)(=O)OC[C@H]1C[C@@H](Nc2ncncc2C(=O)c2cc(C3NCCc4ccc(Br)cc43)c(Cl)s2)C[C@@H]1O. The molecular formula is C76H81BrClN13O18S6. The summed E-state index contributed by atoms with van der Waals surface area (Å²) in [7, 11) is -12.4. The lowest BCUT2D eigenvalue weighted by Gasteiger charge is -2.27. The zero-order valence-corrected chi connectivity index (χ0v) is 68.8. The Hall–Kier alpha value is -7.93. The van der Waals surface area contributed by atoms with Gasteiger partial charge in [0.2, 0.25) is 17.3 Å². The van der Waals surface area contributed by atoms with E-state index >= 15 is 0 Å². The number of benzene rings is 3. The van der Waals surface area contributed by atoms with Crippen LogP contribution in [0.1, 0.15) is 161 Å². The van der Waals surface area contributed by atoms with Gasteiger partial charge in [-0.15, -0.1) is 40.4 Å². The third-order valence-electron chi connectivity index (χ3n) is 20.9. The molecule has 3 aromatic carbocycles. The van der Waals surface area contributed by atoms with Gasteiger partial charge in [0.1, 0.15) is 54.7 Å². The number of ether oxygens (including phenoxy) is 2. The van der Waals surface area contributed by atoms with Gasteiger partial charge in [0, 0.05) is 80.3 Å². The first-order valence-corrected chi connectivity index (χ1v) is 44.4. The van der Waals surface area contributed by atoms with Gasteiger partial charge in [-0.3, -0.25) is 26.9 Å². The van der Waals surface area contributed by atoms with E-state index in [0.717, 1.165) is 79.0 Å². The first-order valence-electron chi connectivity index (χ1n) is 36.3. The van der Waals surface area contributed by atoms with Gasteiger partial charge in [-0.1, -0.05) is 69.8 Å². The van der Waals surface area contributed by atoms with E-state index in [1.54, 1.807) is 0 Å². The quantitative estimate of drug-likeness (QED) is 0.0211. The van der Waals surface area contributed by atoms with Crippen molar-refractivity contribution in [1.82, 2.24) is 35.2 Å². The van der Waals surface area contributed by atoms with Crippen LogP contribution in [-0.4, -0.2) is 175 Å². The lowest BCUT2D eigenvalue weighted by molar-refractivity contribution is 0.00778. The topological polar surface area (TPSA) is 484 Å². The first kappa shape index (κ1) is 85.0. The predicted octanol–water partition coefficient (Wildman–Crippen LogP) is 7.17. The van der Waals surface area contributed by atoms with Gasteiger partial charge in [-0.2, -0.15) is 25.3 Å². The second-order valence-electron chi connectivity index (χ2n) is 28.5. The lowest BCUT2D eigenvalue weighted by atomic mass is 9.91. The van der Waals surface area contributed by atoms with Crippen molar-refractivity contribution in [2.45, 2.75) is 126 Å². The zero-order valence-electron chi connectivity index (χ0n) is 61.6. The Morgan fingerprint density at radius 3 is 1.55 bits per heavy atom. The van der Waals surface area contributed by atoms with Crippen LogP contribution in [-0.2, 0) is 72.2 Å². The van der Waals surface area contributed by atoms with Crippen LogP contribution in [0.2, 0.25) is 4.34 Å². The second kappa shape index (κ2) is 36.5. The van der Waals surface area contributed by atoms with Gasteiger partial charge < -0.3 is 51.2 Å². The molecule has 13 atom stereocenters. The fraction of sp³-hybridized carbons (Fsp3) is 0.382. The van der Waals surface area contributed by atoms with Crippen LogP contribution >= 0.6 is 61.5 Å². The summed E-state index contributed by atoms with van der Waals surface area (Å²) in [5.41, 5.74) is 11.1. The average Bonchev–Trinajstić information content (AvgIpc) is 1.43. The Morgan fingerprint density at radius 1 is 0.565 bits per heavy atom. The highest BCUT2D eigenvalue weighted by molar-refractivity contribution is 9.10. The van der Waals surface area contributed by atoms with Gasteiger partial charge >= 0.3 is 30.9 Å². The number of nitrogens with zero attached hydrogens (tertiary/aromatic N) is 6. The molecule has 3 unspecified atom stereocenters. The van der Waals surface area contributed by atoms with Crippen LogP contribution in [0.15, 0.2) is 121 Å². The highest BCUT2D eigenvalue weighted by Crippen LogP contribution is 2.44. The van der Waals surface area contributed by atoms with Crippen molar-refractivity contribution in [2.75, 3.05) is 55.5 Å². The molecule has 0 radical (unpaired) electrons. The molecule has 15 rings (SSSR count). The molecule has 3 aliphatic carbocycles. The lowest BCUT2D eigenvalue weighted by Crippen LogP contribution is -2.36. The van der Waals surface area contributed by atoms with E-state index in [1.165, 1.54) is 88.3 Å². The van der Waals surface area contributed by atoms with Crippen LogP contribution in [0.4, 0.5) is 17.5 Å². The van der Waals surface area contributed by atoms with E-state index in [-0.39, 0.29) is 90.9 Å². The van der Waals surface area contributed by atoms with E-state index in [1.807, 2.05) is 74.5 Å². The number of nitrogens with two attached hydrogens (primary N) is 3. The van der Waals surface area contributed by atoms with Crippen molar-refractivity contribution in [3.05, 3.63) is 222 Å². The van der Waals surface area contributed by atoms with Crippen LogP contribution in [0.3, 0.4) is 0 Å². The van der Waals surface area contributed by atoms with Gasteiger partial charge in [-0.05, 0) is 152 Å². The molecule has 39 heteroatoms. The number of aliphatic hydroxyl groups is 4. The molecule has 0 saturated heterocycles. The number of aromatic nitrogens is 6. The maximum absolute atomic E-state index is 13.6. The van der Waals surface area contributed by atoms with Crippen LogP contribution in [0.5, 0.6) is 0 Å². The normalized spacial score (nSPS) is 23.7. The second-order valence-corrected chi connectivity index (χ2v) is 37.3. The van der Waals surface area contributed by atoms with Crippen LogP contribution in [0, 0.1) is 43.9 Å². The summed E-state index contributed by atoms with van der Waals surface area (Å²) >= 11 is 14.2. The third-order valence-corrected chi connectivity index (χ3v) is 26.3.